The fraction of sp³-hybridized carbons (Fsp3) is 0.333. The summed E-state index contributed by atoms with van der Waals surface area (Å²) in [7, 11) is 0. The van der Waals surface area contributed by atoms with E-state index < -0.39 is 29.7 Å². The Morgan fingerprint density at radius 3 is 2.83 bits per heavy atom. The molecular weight excluding hydrogens is 392 g/mol. The first kappa shape index (κ1) is 18.6. The molecule has 1 aromatic carbocycles. The fourth-order valence-electron chi connectivity index (χ4n) is 4.06. The number of imide groups is 2. The van der Waals surface area contributed by atoms with Crippen molar-refractivity contribution < 1.29 is 33.4 Å². The fourth-order valence-corrected chi connectivity index (χ4v) is 4.06. The highest BCUT2D eigenvalue weighted by Gasteiger charge is 2.46. The van der Waals surface area contributed by atoms with E-state index >= 15 is 0 Å². The predicted molar refractivity (Wildman–Crippen MR) is 100 cm³/mol. The van der Waals surface area contributed by atoms with Gasteiger partial charge in [0, 0.05) is 12.8 Å². The van der Waals surface area contributed by atoms with E-state index in [4.69, 9.17) is 14.2 Å². The molecule has 0 bridgehead atoms. The number of hydrogen-bond acceptors (Lipinski definition) is 7. The molecule has 1 aliphatic carbocycles. The van der Waals surface area contributed by atoms with Crippen LogP contribution >= 0.6 is 0 Å². The van der Waals surface area contributed by atoms with Crippen molar-refractivity contribution in [2.24, 2.45) is 0 Å². The van der Waals surface area contributed by atoms with Gasteiger partial charge < -0.3 is 14.2 Å². The second-order valence-electron chi connectivity index (χ2n) is 7.43. The van der Waals surface area contributed by atoms with Gasteiger partial charge in [0.1, 0.15) is 30.3 Å². The minimum Gasteiger partial charge on any atom is -0.488 e. The first-order chi connectivity index (χ1) is 14.5. The summed E-state index contributed by atoms with van der Waals surface area (Å²) in [6.45, 7) is 0.456. The molecule has 4 amide bonds. The van der Waals surface area contributed by atoms with E-state index in [9.17, 15) is 19.2 Å². The minimum absolute atomic E-state index is 0.0732. The van der Waals surface area contributed by atoms with Gasteiger partial charge in [0.2, 0.25) is 11.8 Å². The first-order valence-corrected chi connectivity index (χ1v) is 9.64. The summed E-state index contributed by atoms with van der Waals surface area (Å²) in [6, 6.07) is 3.78. The maximum atomic E-state index is 13.1. The summed E-state index contributed by atoms with van der Waals surface area (Å²) in [4.78, 5) is 50.4. The van der Waals surface area contributed by atoms with E-state index in [0.717, 1.165) is 16.2 Å². The lowest BCUT2D eigenvalue weighted by molar-refractivity contribution is -0.136. The van der Waals surface area contributed by atoms with E-state index in [1.54, 1.807) is 12.1 Å². The summed E-state index contributed by atoms with van der Waals surface area (Å²) >= 11 is 0. The van der Waals surface area contributed by atoms with Crippen LogP contribution in [0.15, 0.2) is 41.7 Å². The van der Waals surface area contributed by atoms with E-state index in [-0.39, 0.29) is 49.2 Å². The quantitative estimate of drug-likeness (QED) is 0.739. The minimum atomic E-state index is -1.01. The van der Waals surface area contributed by atoms with Crippen LogP contribution in [0.25, 0.3) is 0 Å². The molecule has 0 aromatic heterocycles. The summed E-state index contributed by atoms with van der Waals surface area (Å²) in [5, 5.41) is 2.18. The van der Waals surface area contributed by atoms with Crippen LogP contribution in [0.4, 0.5) is 0 Å². The van der Waals surface area contributed by atoms with Crippen molar-refractivity contribution in [3.8, 4) is 5.75 Å². The number of ether oxygens (including phenoxy) is 3. The number of piperidine rings is 1. The number of hydrogen-bond donors (Lipinski definition) is 1. The Balaban J connectivity index is 1.36. The van der Waals surface area contributed by atoms with Crippen molar-refractivity contribution in [3.05, 3.63) is 52.8 Å². The molecule has 3 heterocycles. The van der Waals surface area contributed by atoms with Crippen molar-refractivity contribution >= 4 is 23.6 Å². The molecule has 9 heteroatoms. The van der Waals surface area contributed by atoms with Crippen molar-refractivity contribution in [1.29, 1.82) is 0 Å². The zero-order valence-electron chi connectivity index (χ0n) is 15.9. The van der Waals surface area contributed by atoms with Crippen LogP contribution in [-0.2, 0) is 19.1 Å². The summed E-state index contributed by atoms with van der Waals surface area (Å²) in [6.07, 6.45) is 4.42. The molecule has 0 radical (unpaired) electrons. The monoisotopic (exact) mass is 410 g/mol. The normalized spacial score (nSPS) is 25.3. The Hall–Kier alpha value is -3.46. The van der Waals surface area contributed by atoms with Crippen molar-refractivity contribution in [2.45, 2.75) is 31.4 Å². The largest absolute Gasteiger partial charge is 0.488 e. The van der Waals surface area contributed by atoms with E-state index in [1.165, 1.54) is 6.07 Å². The van der Waals surface area contributed by atoms with Gasteiger partial charge in [-0.2, -0.15) is 0 Å². The molecule has 0 spiro atoms. The lowest BCUT2D eigenvalue weighted by Crippen LogP contribution is -2.54. The Morgan fingerprint density at radius 2 is 2.00 bits per heavy atom. The molecule has 2 unspecified atom stereocenters. The van der Waals surface area contributed by atoms with Crippen LogP contribution in [0.2, 0.25) is 0 Å². The lowest BCUT2D eigenvalue weighted by atomic mass is 10.0. The number of allylic oxidation sites excluding steroid dienone is 2. The van der Waals surface area contributed by atoms with Gasteiger partial charge >= 0.3 is 0 Å². The molecular formula is C21H18N2O7. The Bertz CT molecular complexity index is 1040. The smallest absolute Gasteiger partial charge is 0.266 e. The van der Waals surface area contributed by atoms with Gasteiger partial charge in [0.15, 0.2) is 6.79 Å². The third-order valence-electron chi connectivity index (χ3n) is 5.59. The second-order valence-corrected chi connectivity index (χ2v) is 7.43. The Labute approximate surface area is 171 Å². The van der Waals surface area contributed by atoms with Crippen LogP contribution < -0.4 is 10.1 Å². The highest BCUT2D eigenvalue weighted by Crippen LogP contribution is 2.34. The van der Waals surface area contributed by atoms with Gasteiger partial charge in [-0.1, -0.05) is 12.1 Å². The van der Waals surface area contributed by atoms with Crippen LogP contribution in [-0.4, -0.2) is 54.1 Å². The van der Waals surface area contributed by atoms with Gasteiger partial charge in [0.05, 0.1) is 11.1 Å². The molecule has 0 saturated carbocycles. The van der Waals surface area contributed by atoms with Crippen molar-refractivity contribution in [1.82, 2.24) is 10.2 Å². The Morgan fingerprint density at radius 1 is 1.13 bits per heavy atom. The maximum absolute atomic E-state index is 13.1. The van der Waals surface area contributed by atoms with Crippen LogP contribution in [0.3, 0.4) is 0 Å². The summed E-state index contributed by atoms with van der Waals surface area (Å²) in [5.74, 6) is -1.13. The summed E-state index contributed by atoms with van der Waals surface area (Å²) < 4.78 is 16.7. The summed E-state index contributed by atoms with van der Waals surface area (Å²) in [5.41, 5.74) is 1.29. The van der Waals surface area contributed by atoms with Crippen LogP contribution in [0.5, 0.6) is 5.75 Å². The third kappa shape index (κ3) is 2.98. The molecule has 2 atom stereocenters. The molecule has 2 fully saturated rings. The molecule has 30 heavy (non-hydrogen) atoms. The maximum Gasteiger partial charge on any atom is 0.266 e. The van der Waals surface area contributed by atoms with Crippen molar-refractivity contribution in [2.75, 3.05) is 13.4 Å². The molecule has 154 valence electrons. The number of carbonyl (C=O) groups excluding carboxylic acids is 4. The highest BCUT2D eigenvalue weighted by atomic mass is 16.7. The number of amides is 4. The lowest BCUT2D eigenvalue weighted by Gasteiger charge is -2.27. The average molecular weight is 410 g/mol. The topological polar surface area (TPSA) is 111 Å². The van der Waals surface area contributed by atoms with Crippen LogP contribution in [0, 0.1) is 0 Å². The van der Waals surface area contributed by atoms with Gasteiger partial charge in [-0.3, -0.25) is 29.4 Å². The third-order valence-corrected chi connectivity index (χ3v) is 5.59. The molecule has 1 N–H and O–H groups in total. The molecule has 2 saturated heterocycles. The Kier molecular flexibility index (Phi) is 4.39. The first-order valence-electron chi connectivity index (χ1n) is 9.64. The predicted octanol–water partition coefficient (Wildman–Crippen LogP) is 1.05. The van der Waals surface area contributed by atoms with E-state index in [2.05, 4.69) is 5.32 Å². The van der Waals surface area contributed by atoms with Gasteiger partial charge in [0.25, 0.3) is 11.8 Å². The van der Waals surface area contributed by atoms with E-state index in [1.807, 2.05) is 12.2 Å². The molecule has 5 rings (SSSR count). The zero-order chi connectivity index (χ0) is 20.8. The van der Waals surface area contributed by atoms with E-state index in [0.29, 0.717) is 6.42 Å². The standard InChI is InChI=1S/C21H18N2O7/c24-17-7-5-13(19(25)22-17)23-20(26)12-2-1-3-15(18(12)21(23)27)28-9-11-4-6-14-16(8-11)30-10-29-14/h1-4,6,13,16H,5,7-10H2,(H,22,24,25). The van der Waals surface area contributed by atoms with Crippen molar-refractivity contribution in [3.63, 3.8) is 0 Å². The number of nitrogens with one attached hydrogen (secondary N) is 1. The average Bonchev–Trinajstić information content (AvgIpc) is 3.30. The van der Waals surface area contributed by atoms with Gasteiger partial charge in [-0.05, 0) is 30.2 Å². The number of fused-ring (bicyclic) bond motifs is 2. The van der Waals surface area contributed by atoms with Gasteiger partial charge in [-0.15, -0.1) is 0 Å². The molecule has 9 nitrogen and oxygen atoms in total. The molecule has 1 aromatic rings. The highest BCUT2D eigenvalue weighted by molar-refractivity contribution is 6.24. The SMILES string of the molecule is O=C1CCC(N2C(=O)c3cccc(OCC4=CC=C5OCOC5C4)c3C2=O)C(=O)N1. The number of nitrogens with zero attached hydrogens (tertiary/aromatic N) is 1. The number of rotatable bonds is 4. The second kappa shape index (κ2) is 7.10. The van der Waals surface area contributed by atoms with Crippen LogP contribution in [0.1, 0.15) is 40.0 Å². The molecule has 3 aliphatic heterocycles. The number of carbonyl (C=O) groups is 4. The zero-order valence-corrected chi connectivity index (χ0v) is 15.9. The number of benzene rings is 1. The molecule has 4 aliphatic rings. The van der Waals surface area contributed by atoms with Gasteiger partial charge in [-0.25, -0.2) is 0 Å².